The fourth-order valence-electron chi connectivity index (χ4n) is 3.45. The molecule has 0 aliphatic heterocycles. The number of pyridine rings is 1. The van der Waals surface area contributed by atoms with E-state index >= 15 is 0 Å². The molecule has 0 N–H and O–H groups in total. The molecule has 0 saturated heterocycles. The normalized spacial score (nSPS) is 13.6. The van der Waals surface area contributed by atoms with Crippen LogP contribution in [0.3, 0.4) is 0 Å². The van der Waals surface area contributed by atoms with Crippen LogP contribution in [0, 0.1) is 0 Å². The van der Waals surface area contributed by atoms with Crippen LogP contribution in [0.4, 0.5) is 0 Å². The zero-order valence-corrected chi connectivity index (χ0v) is 17.4. The summed E-state index contributed by atoms with van der Waals surface area (Å²) in [4.78, 5) is 4.15. The van der Waals surface area contributed by atoms with Gasteiger partial charge in [-0.05, 0) is 73.1 Å². The molecule has 0 aromatic carbocycles. The third-order valence-electron chi connectivity index (χ3n) is 3.92. The van der Waals surface area contributed by atoms with Crippen molar-refractivity contribution in [1.29, 1.82) is 0 Å². The second-order valence-corrected chi connectivity index (χ2v) is 9.73. The predicted molar refractivity (Wildman–Crippen MR) is 105 cm³/mol. The van der Waals surface area contributed by atoms with Gasteiger partial charge in [0.2, 0.25) is 7.44 Å². The summed E-state index contributed by atoms with van der Waals surface area (Å²) in [5.74, 6) is 1.91. The molecule has 0 aliphatic carbocycles. The second kappa shape index (κ2) is 8.94. The first-order valence-electron chi connectivity index (χ1n) is 8.87. The van der Waals surface area contributed by atoms with Crippen molar-refractivity contribution in [1.82, 2.24) is 14.3 Å². The molecule has 0 spiro atoms. The van der Waals surface area contributed by atoms with Crippen molar-refractivity contribution in [2.24, 2.45) is 0 Å². The first kappa shape index (κ1) is 21.1. The van der Waals surface area contributed by atoms with Gasteiger partial charge in [0.25, 0.3) is 0 Å². The van der Waals surface area contributed by atoms with Crippen LogP contribution in [0.25, 0.3) is 6.08 Å². The topological polar surface area (TPSA) is 36.4 Å². The van der Waals surface area contributed by atoms with Crippen molar-refractivity contribution in [3.8, 4) is 0 Å². The quantitative estimate of drug-likeness (QED) is 0.581. The van der Waals surface area contributed by atoms with E-state index < -0.39 is 7.44 Å². The van der Waals surface area contributed by atoms with Crippen molar-refractivity contribution in [2.75, 3.05) is 0 Å². The summed E-state index contributed by atoms with van der Waals surface area (Å²) in [5.41, 5.74) is 0.970. The Morgan fingerprint density at radius 2 is 1.38 bits per heavy atom. The lowest BCUT2D eigenvalue weighted by Gasteiger charge is -2.45. The molecule has 1 rings (SSSR count). The fraction of sp³-hybridized carbons (Fsp3) is 0.632. The lowest BCUT2D eigenvalue weighted by atomic mass is 10.3. The molecule has 4 nitrogen and oxygen atoms in total. The Hall–Kier alpha value is -0.960. The van der Waals surface area contributed by atoms with Gasteiger partial charge < -0.3 is 0 Å². The van der Waals surface area contributed by atoms with Crippen LogP contribution in [-0.2, 0) is 4.57 Å². The Labute approximate surface area is 148 Å². The molecule has 1 aromatic heterocycles. The third-order valence-corrected chi connectivity index (χ3v) is 7.63. The molecule has 0 radical (unpaired) electrons. The maximum absolute atomic E-state index is 14.3. The zero-order chi connectivity index (χ0) is 18.5. The van der Waals surface area contributed by atoms with E-state index in [-0.39, 0.29) is 24.2 Å². The summed E-state index contributed by atoms with van der Waals surface area (Å²) in [6, 6.07) is 4.64. The van der Waals surface area contributed by atoms with Gasteiger partial charge in [0.1, 0.15) is 0 Å². The summed E-state index contributed by atoms with van der Waals surface area (Å²) in [7, 11) is -2.87. The van der Waals surface area contributed by atoms with E-state index in [1.165, 1.54) is 0 Å². The van der Waals surface area contributed by atoms with Crippen LogP contribution < -0.4 is 0 Å². The monoisotopic (exact) mass is 351 g/mol. The van der Waals surface area contributed by atoms with Gasteiger partial charge in [-0.2, -0.15) is 0 Å². The molecule has 0 saturated carbocycles. The van der Waals surface area contributed by atoms with Crippen LogP contribution in [0.5, 0.6) is 0 Å². The van der Waals surface area contributed by atoms with Gasteiger partial charge in [-0.1, -0.05) is 6.07 Å². The van der Waals surface area contributed by atoms with Crippen LogP contribution in [0.15, 0.2) is 30.3 Å². The fourth-order valence-corrected chi connectivity index (χ4v) is 7.01. The second-order valence-electron chi connectivity index (χ2n) is 7.33. The van der Waals surface area contributed by atoms with Gasteiger partial charge in [0.15, 0.2) is 0 Å². The Morgan fingerprint density at radius 3 is 1.71 bits per heavy atom. The number of rotatable bonds is 8. The maximum atomic E-state index is 14.3. The summed E-state index contributed by atoms with van der Waals surface area (Å²) in [5, 5.41) is 0. The molecule has 0 amide bonds. The smallest absolute Gasteiger partial charge is 0.239 e. The molecule has 0 bridgehead atoms. The third kappa shape index (κ3) is 5.02. The Bertz CT molecular complexity index is 527. The van der Waals surface area contributed by atoms with Crippen molar-refractivity contribution in [3.05, 3.63) is 35.9 Å². The van der Waals surface area contributed by atoms with E-state index in [2.05, 4.69) is 69.7 Å². The number of nitrogens with zero attached hydrogens (tertiary/aromatic N) is 3. The average molecular weight is 351 g/mol. The molecular weight excluding hydrogens is 317 g/mol. The standard InChI is InChI=1S/C19H34N3OP/c1-15(2)21(16(3)4)24(23,22(17(5)6)18(7)8)13-11-19-10-9-12-20-14-19/h9-18H,1-8H3/b13-11+. The Balaban J connectivity index is 3.44. The molecule has 0 atom stereocenters. The van der Waals surface area contributed by atoms with E-state index in [0.29, 0.717) is 0 Å². The van der Waals surface area contributed by atoms with Gasteiger partial charge >= 0.3 is 0 Å². The number of hydrogen-bond acceptors (Lipinski definition) is 2. The highest BCUT2D eigenvalue weighted by atomic mass is 31.2. The van der Waals surface area contributed by atoms with Gasteiger partial charge in [0.05, 0.1) is 0 Å². The van der Waals surface area contributed by atoms with Crippen LogP contribution >= 0.6 is 7.44 Å². The highest BCUT2D eigenvalue weighted by molar-refractivity contribution is 7.62. The molecule has 1 aromatic rings. The summed E-state index contributed by atoms with van der Waals surface area (Å²) >= 11 is 0. The minimum Gasteiger partial charge on any atom is -0.284 e. The molecule has 136 valence electrons. The number of aromatic nitrogens is 1. The predicted octanol–water partition coefficient (Wildman–Crippen LogP) is 5.48. The van der Waals surface area contributed by atoms with Crippen LogP contribution in [0.1, 0.15) is 61.0 Å². The molecule has 1 heterocycles. The lowest BCUT2D eigenvalue weighted by Crippen LogP contribution is -2.44. The minimum atomic E-state index is -2.87. The zero-order valence-electron chi connectivity index (χ0n) is 16.5. The number of hydrogen-bond donors (Lipinski definition) is 0. The van der Waals surface area contributed by atoms with Crippen molar-refractivity contribution < 1.29 is 4.57 Å². The van der Waals surface area contributed by atoms with E-state index in [1.807, 2.05) is 24.0 Å². The first-order valence-corrected chi connectivity index (χ1v) is 10.6. The molecule has 0 unspecified atom stereocenters. The van der Waals surface area contributed by atoms with E-state index in [4.69, 9.17) is 0 Å². The molecule has 0 fully saturated rings. The largest absolute Gasteiger partial charge is 0.284 e. The van der Waals surface area contributed by atoms with Gasteiger partial charge in [-0.25, -0.2) is 9.34 Å². The highest BCUT2D eigenvalue weighted by Gasteiger charge is 2.40. The lowest BCUT2D eigenvalue weighted by molar-refractivity contribution is 0.230. The SMILES string of the molecule is CC(C)N(C(C)C)P(=O)(/C=C/c1cccnc1)N(C(C)C)C(C)C. The van der Waals surface area contributed by atoms with Gasteiger partial charge in [0, 0.05) is 42.4 Å². The Kier molecular flexibility index (Phi) is 7.85. The summed E-state index contributed by atoms with van der Waals surface area (Å²) < 4.78 is 18.6. The van der Waals surface area contributed by atoms with Crippen molar-refractivity contribution >= 4 is 13.5 Å². The average Bonchev–Trinajstić information content (AvgIpc) is 2.44. The highest BCUT2D eigenvalue weighted by Crippen LogP contribution is 2.59. The molecule has 0 aliphatic rings. The van der Waals surface area contributed by atoms with E-state index in [0.717, 1.165) is 5.56 Å². The van der Waals surface area contributed by atoms with Crippen LogP contribution in [-0.4, -0.2) is 38.5 Å². The van der Waals surface area contributed by atoms with Crippen molar-refractivity contribution in [3.63, 3.8) is 0 Å². The van der Waals surface area contributed by atoms with Gasteiger partial charge in [-0.15, -0.1) is 0 Å². The van der Waals surface area contributed by atoms with Crippen molar-refractivity contribution in [2.45, 2.75) is 79.6 Å². The van der Waals surface area contributed by atoms with Gasteiger partial charge in [-0.3, -0.25) is 9.55 Å². The first-order chi connectivity index (χ1) is 11.1. The molecule has 24 heavy (non-hydrogen) atoms. The Morgan fingerprint density at radius 1 is 0.917 bits per heavy atom. The van der Waals surface area contributed by atoms with E-state index in [9.17, 15) is 4.57 Å². The molecule has 5 heteroatoms. The molecular formula is C19H34N3OP. The summed E-state index contributed by atoms with van der Waals surface area (Å²) in [6.45, 7) is 16.9. The van der Waals surface area contributed by atoms with E-state index in [1.54, 1.807) is 12.4 Å². The van der Waals surface area contributed by atoms with Crippen LogP contribution in [0.2, 0.25) is 0 Å². The summed E-state index contributed by atoms with van der Waals surface area (Å²) in [6.07, 6.45) is 5.49. The maximum Gasteiger partial charge on any atom is 0.239 e. The minimum absolute atomic E-state index is 0.189.